The highest BCUT2D eigenvalue weighted by molar-refractivity contribution is 5.68. The van der Waals surface area contributed by atoms with E-state index in [-0.39, 0.29) is 6.61 Å². The van der Waals surface area contributed by atoms with Crippen LogP contribution in [0.5, 0.6) is 0 Å². The Morgan fingerprint density at radius 1 is 1.07 bits per heavy atom. The first kappa shape index (κ1) is 10.4. The lowest BCUT2D eigenvalue weighted by molar-refractivity contribution is 0.281. The van der Waals surface area contributed by atoms with Gasteiger partial charge in [0, 0.05) is 0 Å². The topological polar surface area (TPSA) is 20.2 Å². The molecule has 0 saturated carbocycles. The molecule has 1 aromatic carbocycles. The van der Waals surface area contributed by atoms with Gasteiger partial charge in [0.2, 0.25) is 0 Å². The lowest BCUT2D eigenvalue weighted by atomic mass is 9.97. The van der Waals surface area contributed by atoms with Gasteiger partial charge >= 0.3 is 0 Å². The third-order valence-electron chi connectivity index (χ3n) is 3.07. The van der Waals surface area contributed by atoms with Crippen molar-refractivity contribution in [2.45, 2.75) is 38.7 Å². The van der Waals surface area contributed by atoms with E-state index in [1.165, 1.54) is 36.8 Å². The molecule has 0 aromatic heterocycles. The number of rotatable bonds is 2. The Kier molecular flexibility index (Phi) is 3.57. The van der Waals surface area contributed by atoms with Gasteiger partial charge in [0.25, 0.3) is 0 Å². The average molecular weight is 202 g/mol. The second-order valence-corrected chi connectivity index (χ2v) is 4.14. The maximum Gasteiger partial charge on any atom is 0.0687 e. The number of allylic oxidation sites excluding steroid dienone is 2. The minimum atomic E-state index is 0.146. The van der Waals surface area contributed by atoms with E-state index < -0.39 is 0 Å². The van der Waals surface area contributed by atoms with E-state index in [9.17, 15) is 5.11 Å². The lowest BCUT2D eigenvalue weighted by Gasteiger charge is -2.10. The molecule has 15 heavy (non-hydrogen) atoms. The Labute approximate surface area is 91.4 Å². The fourth-order valence-corrected chi connectivity index (χ4v) is 2.23. The molecular formula is C14H18O. The molecule has 0 bridgehead atoms. The summed E-state index contributed by atoms with van der Waals surface area (Å²) in [5.41, 5.74) is 3.74. The Balaban J connectivity index is 2.30. The second kappa shape index (κ2) is 5.13. The van der Waals surface area contributed by atoms with Crippen LogP contribution in [0.2, 0.25) is 0 Å². The zero-order valence-corrected chi connectivity index (χ0v) is 9.08. The predicted molar refractivity (Wildman–Crippen MR) is 63.4 cm³/mol. The number of hydrogen-bond donors (Lipinski definition) is 1. The van der Waals surface area contributed by atoms with Crippen LogP contribution in [0.3, 0.4) is 0 Å². The molecule has 0 heterocycles. The third-order valence-corrected chi connectivity index (χ3v) is 3.07. The maximum atomic E-state index is 9.29. The number of benzene rings is 1. The van der Waals surface area contributed by atoms with Crippen molar-refractivity contribution in [3.63, 3.8) is 0 Å². The van der Waals surface area contributed by atoms with Crippen LogP contribution in [0.1, 0.15) is 43.2 Å². The molecule has 0 spiro atoms. The summed E-state index contributed by atoms with van der Waals surface area (Å²) in [6.45, 7) is 0.146. The van der Waals surface area contributed by atoms with Gasteiger partial charge in [-0.25, -0.2) is 0 Å². The molecule has 80 valence electrons. The first-order chi connectivity index (χ1) is 7.42. The molecule has 1 N–H and O–H groups in total. The monoisotopic (exact) mass is 202 g/mol. The van der Waals surface area contributed by atoms with Gasteiger partial charge in [-0.15, -0.1) is 0 Å². The van der Waals surface area contributed by atoms with Crippen LogP contribution in [0, 0.1) is 0 Å². The molecule has 0 fully saturated rings. The van der Waals surface area contributed by atoms with Gasteiger partial charge in [0.15, 0.2) is 0 Å². The van der Waals surface area contributed by atoms with Crippen molar-refractivity contribution in [1.82, 2.24) is 0 Å². The number of hydrogen-bond acceptors (Lipinski definition) is 1. The molecule has 0 radical (unpaired) electrons. The van der Waals surface area contributed by atoms with Crippen molar-refractivity contribution in [3.05, 3.63) is 41.5 Å². The molecule has 1 heteroatoms. The molecule has 0 saturated heterocycles. The van der Waals surface area contributed by atoms with Gasteiger partial charge in [0.1, 0.15) is 0 Å². The van der Waals surface area contributed by atoms with E-state index in [1.54, 1.807) is 0 Å². The highest BCUT2D eigenvalue weighted by Gasteiger charge is 2.08. The Morgan fingerprint density at radius 2 is 1.93 bits per heavy atom. The van der Waals surface area contributed by atoms with Gasteiger partial charge < -0.3 is 5.11 Å². The fourth-order valence-electron chi connectivity index (χ4n) is 2.23. The van der Waals surface area contributed by atoms with Crippen LogP contribution in [-0.4, -0.2) is 5.11 Å². The Bertz CT molecular complexity index is 352. The van der Waals surface area contributed by atoms with Crippen LogP contribution in [0.15, 0.2) is 30.3 Å². The van der Waals surface area contributed by atoms with E-state index in [2.05, 4.69) is 18.2 Å². The smallest absolute Gasteiger partial charge is 0.0687 e. The zero-order valence-electron chi connectivity index (χ0n) is 9.08. The van der Waals surface area contributed by atoms with Crippen LogP contribution in [0.25, 0.3) is 5.57 Å². The highest BCUT2D eigenvalue weighted by atomic mass is 16.3. The van der Waals surface area contributed by atoms with Crippen molar-refractivity contribution < 1.29 is 5.11 Å². The van der Waals surface area contributed by atoms with Gasteiger partial charge in [-0.3, -0.25) is 0 Å². The fraction of sp³-hybridized carbons (Fsp3) is 0.429. The summed E-state index contributed by atoms with van der Waals surface area (Å²) < 4.78 is 0. The lowest BCUT2D eigenvalue weighted by Crippen LogP contribution is -1.93. The standard InChI is InChI=1S/C14H18O/c15-11-13-9-5-6-10-14(13)12-7-3-1-2-4-8-12/h5-7,9-10,15H,1-4,8,11H2. The summed E-state index contributed by atoms with van der Waals surface area (Å²) >= 11 is 0. The van der Waals surface area contributed by atoms with Gasteiger partial charge in [-0.05, 0) is 42.4 Å². The van der Waals surface area contributed by atoms with E-state index in [0.29, 0.717) is 0 Å². The molecular weight excluding hydrogens is 184 g/mol. The molecule has 1 aliphatic rings. The first-order valence-corrected chi connectivity index (χ1v) is 5.80. The minimum absolute atomic E-state index is 0.146. The van der Waals surface area contributed by atoms with Crippen molar-refractivity contribution >= 4 is 5.57 Å². The highest BCUT2D eigenvalue weighted by Crippen LogP contribution is 2.28. The molecule has 1 aromatic rings. The Hall–Kier alpha value is -1.08. The second-order valence-electron chi connectivity index (χ2n) is 4.14. The van der Waals surface area contributed by atoms with Crippen LogP contribution in [-0.2, 0) is 6.61 Å². The first-order valence-electron chi connectivity index (χ1n) is 5.80. The third kappa shape index (κ3) is 2.48. The molecule has 2 rings (SSSR count). The molecule has 0 atom stereocenters. The Morgan fingerprint density at radius 3 is 2.80 bits per heavy atom. The summed E-state index contributed by atoms with van der Waals surface area (Å²) in [5, 5.41) is 9.29. The van der Waals surface area contributed by atoms with Crippen LogP contribution >= 0.6 is 0 Å². The summed E-state index contributed by atoms with van der Waals surface area (Å²) in [7, 11) is 0. The van der Waals surface area contributed by atoms with Crippen LogP contribution in [0.4, 0.5) is 0 Å². The summed E-state index contributed by atoms with van der Waals surface area (Å²) in [5.74, 6) is 0. The summed E-state index contributed by atoms with van der Waals surface area (Å²) in [6, 6.07) is 8.19. The van der Waals surface area contributed by atoms with E-state index in [4.69, 9.17) is 0 Å². The van der Waals surface area contributed by atoms with Crippen molar-refractivity contribution in [3.8, 4) is 0 Å². The SMILES string of the molecule is OCc1ccccc1C1=CCCCCC1. The van der Waals surface area contributed by atoms with E-state index >= 15 is 0 Å². The molecule has 0 unspecified atom stereocenters. The number of aliphatic hydroxyl groups is 1. The van der Waals surface area contributed by atoms with Gasteiger partial charge in [-0.2, -0.15) is 0 Å². The van der Waals surface area contributed by atoms with Crippen molar-refractivity contribution in [2.75, 3.05) is 0 Å². The van der Waals surface area contributed by atoms with Gasteiger partial charge in [0.05, 0.1) is 6.61 Å². The largest absolute Gasteiger partial charge is 0.392 e. The normalized spacial score (nSPS) is 17.0. The van der Waals surface area contributed by atoms with Gasteiger partial charge in [-0.1, -0.05) is 36.8 Å². The molecule has 1 aliphatic carbocycles. The molecule has 1 nitrogen and oxygen atoms in total. The molecule has 0 amide bonds. The average Bonchev–Trinajstić information content (AvgIpc) is 2.57. The zero-order chi connectivity index (χ0) is 10.5. The van der Waals surface area contributed by atoms with Crippen molar-refractivity contribution in [2.24, 2.45) is 0 Å². The van der Waals surface area contributed by atoms with Crippen molar-refractivity contribution in [1.29, 1.82) is 0 Å². The predicted octanol–water partition coefficient (Wildman–Crippen LogP) is 3.53. The van der Waals surface area contributed by atoms with Crippen LogP contribution < -0.4 is 0 Å². The maximum absolute atomic E-state index is 9.29. The van der Waals surface area contributed by atoms with E-state index in [1.807, 2.05) is 12.1 Å². The number of aliphatic hydroxyl groups excluding tert-OH is 1. The quantitative estimate of drug-likeness (QED) is 0.778. The summed E-state index contributed by atoms with van der Waals surface area (Å²) in [6.07, 6.45) is 8.63. The molecule has 0 aliphatic heterocycles. The van der Waals surface area contributed by atoms with E-state index in [0.717, 1.165) is 12.0 Å². The minimum Gasteiger partial charge on any atom is -0.392 e. The summed E-state index contributed by atoms with van der Waals surface area (Å²) in [4.78, 5) is 0.